The van der Waals surface area contributed by atoms with Gasteiger partial charge in [-0.15, -0.1) is 0 Å². The average molecular weight is 402 g/mol. The summed E-state index contributed by atoms with van der Waals surface area (Å²) in [6.07, 6.45) is 0.332. The number of halogens is 3. The number of hydrogen-bond acceptors (Lipinski definition) is 5. The first-order valence-corrected chi connectivity index (χ1v) is 9.72. The molecule has 2 fully saturated rings. The second-order valence-electron chi connectivity index (χ2n) is 8.02. The van der Waals surface area contributed by atoms with E-state index in [9.17, 15) is 13.2 Å². The molecule has 4 heterocycles. The molecule has 2 unspecified atom stereocenters. The number of alkyl halides is 3. The van der Waals surface area contributed by atoms with E-state index in [1.165, 1.54) is 12.4 Å². The zero-order valence-corrected chi connectivity index (χ0v) is 15.9. The molecule has 0 amide bonds. The van der Waals surface area contributed by atoms with Crippen molar-refractivity contribution in [2.75, 3.05) is 18.4 Å². The SMILES string of the molecule is CC1CNCC1Nc1cccc(-c2cnc3cnc(C4(C(F)(F)F)CC4)cn23)n1. The lowest BCUT2D eigenvalue weighted by Gasteiger charge is -2.19. The van der Waals surface area contributed by atoms with Crippen molar-refractivity contribution in [3.05, 3.63) is 42.5 Å². The molecule has 2 atom stereocenters. The van der Waals surface area contributed by atoms with Crippen molar-refractivity contribution in [3.63, 3.8) is 0 Å². The van der Waals surface area contributed by atoms with Crippen LogP contribution >= 0.6 is 0 Å². The number of aromatic nitrogens is 4. The summed E-state index contributed by atoms with van der Waals surface area (Å²) in [5.74, 6) is 1.23. The first-order valence-electron chi connectivity index (χ1n) is 9.72. The van der Waals surface area contributed by atoms with Gasteiger partial charge in [0, 0.05) is 18.8 Å². The van der Waals surface area contributed by atoms with Crippen molar-refractivity contribution < 1.29 is 13.2 Å². The van der Waals surface area contributed by atoms with Gasteiger partial charge in [0.15, 0.2) is 5.65 Å². The van der Waals surface area contributed by atoms with Gasteiger partial charge in [0.1, 0.15) is 11.2 Å². The normalized spacial score (nSPS) is 23.4. The lowest BCUT2D eigenvalue weighted by Crippen LogP contribution is -2.29. The molecule has 29 heavy (non-hydrogen) atoms. The van der Waals surface area contributed by atoms with Crippen molar-refractivity contribution in [1.82, 2.24) is 24.7 Å². The Morgan fingerprint density at radius 2 is 2.00 bits per heavy atom. The molecule has 1 saturated carbocycles. The quantitative estimate of drug-likeness (QED) is 0.700. The summed E-state index contributed by atoms with van der Waals surface area (Å²) < 4.78 is 42.2. The average Bonchev–Trinajstić information content (AvgIpc) is 3.28. The molecule has 2 aliphatic rings. The smallest absolute Gasteiger partial charge is 0.366 e. The van der Waals surface area contributed by atoms with Crippen molar-refractivity contribution >= 4 is 11.5 Å². The molecule has 0 spiro atoms. The fourth-order valence-electron chi connectivity index (χ4n) is 3.99. The topological polar surface area (TPSA) is 67.1 Å². The van der Waals surface area contributed by atoms with Crippen LogP contribution in [-0.2, 0) is 5.41 Å². The van der Waals surface area contributed by atoms with Crippen LogP contribution in [0.5, 0.6) is 0 Å². The predicted octanol–water partition coefficient (Wildman–Crippen LogP) is 3.41. The van der Waals surface area contributed by atoms with Crippen molar-refractivity contribution in [3.8, 4) is 11.4 Å². The minimum Gasteiger partial charge on any atom is -0.366 e. The lowest BCUT2D eigenvalue weighted by atomic mass is 10.0. The van der Waals surface area contributed by atoms with Crippen LogP contribution in [0.1, 0.15) is 25.5 Å². The van der Waals surface area contributed by atoms with Gasteiger partial charge in [-0.1, -0.05) is 13.0 Å². The Morgan fingerprint density at radius 1 is 1.17 bits per heavy atom. The van der Waals surface area contributed by atoms with Crippen LogP contribution in [0.4, 0.5) is 19.0 Å². The summed E-state index contributed by atoms with van der Waals surface area (Å²) in [6, 6.07) is 5.91. The second kappa shape index (κ2) is 6.41. The van der Waals surface area contributed by atoms with E-state index in [-0.39, 0.29) is 24.6 Å². The van der Waals surface area contributed by atoms with Gasteiger partial charge in [-0.25, -0.2) is 9.97 Å². The minimum absolute atomic E-state index is 0.0388. The highest BCUT2D eigenvalue weighted by molar-refractivity contribution is 5.62. The molecule has 0 radical (unpaired) electrons. The van der Waals surface area contributed by atoms with Crippen LogP contribution in [-0.4, -0.2) is 44.7 Å². The summed E-state index contributed by atoms with van der Waals surface area (Å²) in [7, 11) is 0. The minimum atomic E-state index is -4.30. The van der Waals surface area contributed by atoms with Crippen molar-refractivity contribution in [2.45, 2.75) is 37.4 Å². The first kappa shape index (κ1) is 18.4. The monoisotopic (exact) mass is 402 g/mol. The van der Waals surface area contributed by atoms with E-state index in [1.54, 1.807) is 10.6 Å². The Hall–Kier alpha value is -2.68. The Labute approximate surface area is 165 Å². The van der Waals surface area contributed by atoms with Gasteiger partial charge in [-0.2, -0.15) is 13.2 Å². The van der Waals surface area contributed by atoms with Crippen molar-refractivity contribution in [1.29, 1.82) is 0 Å². The van der Waals surface area contributed by atoms with Gasteiger partial charge in [-0.05, 0) is 37.4 Å². The van der Waals surface area contributed by atoms with Gasteiger partial charge in [0.25, 0.3) is 0 Å². The Morgan fingerprint density at radius 3 is 2.69 bits per heavy atom. The molecule has 3 aromatic rings. The highest BCUT2D eigenvalue weighted by Gasteiger charge is 2.65. The molecule has 1 saturated heterocycles. The molecule has 9 heteroatoms. The largest absolute Gasteiger partial charge is 0.399 e. The predicted molar refractivity (Wildman–Crippen MR) is 103 cm³/mol. The van der Waals surface area contributed by atoms with Gasteiger partial charge >= 0.3 is 6.18 Å². The zero-order chi connectivity index (χ0) is 20.2. The maximum Gasteiger partial charge on any atom is 0.399 e. The molecule has 5 rings (SSSR count). The van der Waals surface area contributed by atoms with Crippen LogP contribution in [0.3, 0.4) is 0 Å². The van der Waals surface area contributed by atoms with E-state index in [0.717, 1.165) is 18.9 Å². The molecule has 1 aliphatic carbocycles. The summed E-state index contributed by atoms with van der Waals surface area (Å²) >= 11 is 0. The van der Waals surface area contributed by atoms with Gasteiger partial charge in [-0.3, -0.25) is 9.38 Å². The second-order valence-corrected chi connectivity index (χ2v) is 8.02. The molecular formula is C20H21F3N6. The van der Waals surface area contributed by atoms with E-state index in [2.05, 4.69) is 32.5 Å². The van der Waals surface area contributed by atoms with E-state index in [1.807, 2.05) is 18.2 Å². The van der Waals surface area contributed by atoms with Crippen LogP contribution in [0.15, 0.2) is 36.8 Å². The summed E-state index contributed by atoms with van der Waals surface area (Å²) in [4.78, 5) is 13.0. The lowest BCUT2D eigenvalue weighted by molar-refractivity contribution is -0.161. The molecule has 3 aromatic heterocycles. The Bertz CT molecular complexity index is 1060. The van der Waals surface area contributed by atoms with Crippen LogP contribution < -0.4 is 10.6 Å². The molecule has 6 nitrogen and oxygen atoms in total. The van der Waals surface area contributed by atoms with E-state index in [0.29, 0.717) is 23.0 Å². The highest BCUT2D eigenvalue weighted by atomic mass is 19.4. The molecular weight excluding hydrogens is 381 g/mol. The third-order valence-corrected chi connectivity index (χ3v) is 6.04. The standard InChI is InChI=1S/C20H21F3N6/c1-12-7-24-8-14(12)28-17-4-2-3-13(27-17)15-9-26-18-10-25-16(11-29(15)18)19(5-6-19)20(21,22)23/h2-4,9-12,14,24H,5-8H2,1H3,(H,27,28). The fraction of sp³-hybridized carbons (Fsp3) is 0.450. The van der Waals surface area contributed by atoms with E-state index in [4.69, 9.17) is 0 Å². The van der Waals surface area contributed by atoms with Gasteiger partial charge in [0.05, 0.1) is 29.5 Å². The third-order valence-electron chi connectivity index (χ3n) is 6.04. The maximum atomic E-state index is 13.5. The van der Waals surface area contributed by atoms with E-state index >= 15 is 0 Å². The summed E-state index contributed by atoms with van der Waals surface area (Å²) in [5, 5.41) is 6.79. The Kier molecular flexibility index (Phi) is 4.06. The number of pyridine rings is 1. The fourth-order valence-corrected chi connectivity index (χ4v) is 3.99. The molecule has 0 aromatic carbocycles. The van der Waals surface area contributed by atoms with Crippen LogP contribution in [0.2, 0.25) is 0 Å². The zero-order valence-electron chi connectivity index (χ0n) is 15.9. The highest BCUT2D eigenvalue weighted by Crippen LogP contribution is 2.58. The number of hydrogen-bond donors (Lipinski definition) is 2. The number of rotatable bonds is 4. The first-order chi connectivity index (χ1) is 13.9. The van der Waals surface area contributed by atoms with Gasteiger partial charge < -0.3 is 10.6 Å². The van der Waals surface area contributed by atoms with Crippen LogP contribution in [0, 0.1) is 5.92 Å². The molecule has 152 valence electrons. The molecule has 1 aliphatic heterocycles. The number of nitrogens with one attached hydrogen (secondary N) is 2. The summed E-state index contributed by atoms with van der Waals surface area (Å²) in [6.45, 7) is 4.01. The molecule has 0 bridgehead atoms. The van der Waals surface area contributed by atoms with Crippen LogP contribution in [0.25, 0.3) is 17.0 Å². The molecule has 2 N–H and O–H groups in total. The van der Waals surface area contributed by atoms with Crippen molar-refractivity contribution in [2.24, 2.45) is 5.92 Å². The number of imidazole rings is 1. The number of fused-ring (bicyclic) bond motifs is 1. The third kappa shape index (κ3) is 3.04. The van der Waals surface area contributed by atoms with E-state index < -0.39 is 11.6 Å². The number of nitrogens with zero attached hydrogens (tertiary/aromatic N) is 4. The number of anilines is 1. The van der Waals surface area contributed by atoms with Gasteiger partial charge in [0.2, 0.25) is 0 Å². The Balaban J connectivity index is 1.51. The summed E-state index contributed by atoms with van der Waals surface area (Å²) in [5.41, 5.74) is -0.00378. The maximum absolute atomic E-state index is 13.5.